The number of nitrogens with two attached hydrogens (primary N) is 1. The lowest BCUT2D eigenvalue weighted by Crippen LogP contribution is -2.20. The first-order valence-corrected chi connectivity index (χ1v) is 3.68. The normalized spacial score (nSPS) is 10.1. The van der Waals surface area contributed by atoms with Gasteiger partial charge in [0.25, 0.3) is 0 Å². The van der Waals surface area contributed by atoms with Crippen molar-refractivity contribution >= 4 is 0 Å². The summed E-state index contributed by atoms with van der Waals surface area (Å²) in [5.41, 5.74) is 5.32. The third-order valence-electron chi connectivity index (χ3n) is 1.38. The van der Waals surface area contributed by atoms with Crippen LogP contribution >= 0.6 is 0 Å². The first-order valence-electron chi connectivity index (χ1n) is 3.68. The lowest BCUT2D eigenvalue weighted by Gasteiger charge is -2.15. The summed E-state index contributed by atoms with van der Waals surface area (Å²) in [5.74, 6) is 0.873. The fourth-order valence-electron chi connectivity index (χ4n) is 0.595. The Kier molecular flexibility index (Phi) is 5.29. The van der Waals surface area contributed by atoms with E-state index in [9.17, 15) is 0 Å². The summed E-state index contributed by atoms with van der Waals surface area (Å²) in [7, 11) is 3.78. The molecule has 0 saturated heterocycles. The Morgan fingerprint density at radius 1 is 1.73 bits per heavy atom. The topological polar surface area (TPSA) is 41.3 Å². The predicted molar refractivity (Wildman–Crippen MR) is 48.8 cm³/mol. The third kappa shape index (κ3) is 4.44. The van der Waals surface area contributed by atoms with Crippen molar-refractivity contribution < 1.29 is 0 Å². The average molecular weight is 155 g/mol. The molecule has 0 rings (SSSR count). The molecule has 0 aliphatic rings. The van der Waals surface area contributed by atoms with E-state index in [0.717, 1.165) is 12.2 Å². The Morgan fingerprint density at radius 3 is 2.82 bits per heavy atom. The van der Waals surface area contributed by atoms with Gasteiger partial charge in [0.05, 0.1) is 5.82 Å². The second-order valence-electron chi connectivity index (χ2n) is 2.27. The van der Waals surface area contributed by atoms with E-state index in [1.807, 2.05) is 31.3 Å². The van der Waals surface area contributed by atoms with Crippen molar-refractivity contribution in [3.05, 3.63) is 24.7 Å². The summed E-state index contributed by atoms with van der Waals surface area (Å²) < 4.78 is 0. The minimum Gasteiger partial charge on any atom is -0.375 e. The van der Waals surface area contributed by atoms with E-state index >= 15 is 0 Å². The second-order valence-corrected chi connectivity index (χ2v) is 2.27. The quantitative estimate of drug-likeness (QED) is 0.606. The van der Waals surface area contributed by atoms with Gasteiger partial charge in [-0.1, -0.05) is 12.7 Å². The molecular formula is C8H17N3. The van der Waals surface area contributed by atoms with E-state index in [0.29, 0.717) is 6.54 Å². The smallest absolute Gasteiger partial charge is 0.0973 e. The van der Waals surface area contributed by atoms with Gasteiger partial charge in [0.15, 0.2) is 0 Å². The SMILES string of the molecule is C=C(NC)N(C)/C=C\CCN. The highest BCUT2D eigenvalue weighted by atomic mass is 15.2. The molecule has 0 bridgehead atoms. The molecule has 3 N–H and O–H groups in total. The van der Waals surface area contributed by atoms with Crippen LogP contribution in [0, 0.1) is 0 Å². The Morgan fingerprint density at radius 2 is 2.36 bits per heavy atom. The maximum atomic E-state index is 5.32. The van der Waals surface area contributed by atoms with Crippen LogP contribution in [0.25, 0.3) is 0 Å². The predicted octanol–water partition coefficient (Wildman–Crippen LogP) is 0.471. The van der Waals surface area contributed by atoms with Gasteiger partial charge in [0.2, 0.25) is 0 Å². The summed E-state index contributed by atoms with van der Waals surface area (Å²) >= 11 is 0. The maximum absolute atomic E-state index is 5.32. The number of rotatable bonds is 5. The highest BCUT2D eigenvalue weighted by Gasteiger charge is 1.90. The van der Waals surface area contributed by atoms with Crippen LogP contribution in [0.2, 0.25) is 0 Å². The van der Waals surface area contributed by atoms with E-state index in [-0.39, 0.29) is 0 Å². The standard InChI is InChI=1S/C8H17N3/c1-8(10-2)11(3)7-5-4-6-9/h5,7,10H,1,4,6,9H2,2-3H3/b7-5-. The van der Waals surface area contributed by atoms with Gasteiger partial charge in [-0.05, 0) is 13.0 Å². The summed E-state index contributed by atoms with van der Waals surface area (Å²) in [6.07, 6.45) is 4.87. The molecule has 0 saturated carbocycles. The van der Waals surface area contributed by atoms with Crippen LogP contribution in [0.15, 0.2) is 24.7 Å². The van der Waals surface area contributed by atoms with Gasteiger partial charge >= 0.3 is 0 Å². The van der Waals surface area contributed by atoms with E-state index < -0.39 is 0 Å². The molecule has 64 valence electrons. The monoisotopic (exact) mass is 155 g/mol. The van der Waals surface area contributed by atoms with Crippen molar-refractivity contribution in [3.8, 4) is 0 Å². The molecule has 0 radical (unpaired) electrons. The fourth-order valence-corrected chi connectivity index (χ4v) is 0.595. The van der Waals surface area contributed by atoms with Crippen molar-refractivity contribution in [1.82, 2.24) is 10.2 Å². The Hall–Kier alpha value is -0.960. The van der Waals surface area contributed by atoms with Gasteiger partial charge in [-0.3, -0.25) is 0 Å². The average Bonchev–Trinajstić information content (AvgIpc) is 2.03. The van der Waals surface area contributed by atoms with Crippen LogP contribution in [0.1, 0.15) is 6.42 Å². The van der Waals surface area contributed by atoms with E-state index in [4.69, 9.17) is 5.73 Å². The maximum Gasteiger partial charge on any atom is 0.0973 e. The zero-order valence-electron chi connectivity index (χ0n) is 7.30. The number of nitrogens with zero attached hydrogens (tertiary/aromatic N) is 1. The molecule has 0 atom stereocenters. The number of hydrogen-bond donors (Lipinski definition) is 2. The Bertz CT molecular complexity index is 140. The number of nitrogens with one attached hydrogen (secondary N) is 1. The minimum absolute atomic E-state index is 0.691. The first-order chi connectivity index (χ1) is 5.22. The van der Waals surface area contributed by atoms with Crippen LogP contribution in [-0.4, -0.2) is 25.5 Å². The Balaban J connectivity index is 3.66. The molecule has 11 heavy (non-hydrogen) atoms. The van der Waals surface area contributed by atoms with Crippen molar-refractivity contribution in [2.45, 2.75) is 6.42 Å². The van der Waals surface area contributed by atoms with Crippen LogP contribution in [0.3, 0.4) is 0 Å². The molecule has 0 aromatic rings. The summed E-state index contributed by atoms with van der Waals surface area (Å²) in [6, 6.07) is 0. The van der Waals surface area contributed by atoms with Crippen molar-refractivity contribution in [1.29, 1.82) is 0 Å². The van der Waals surface area contributed by atoms with Gasteiger partial charge in [0, 0.05) is 20.3 Å². The third-order valence-corrected chi connectivity index (χ3v) is 1.38. The lowest BCUT2D eigenvalue weighted by atomic mass is 10.4. The van der Waals surface area contributed by atoms with Gasteiger partial charge in [-0.25, -0.2) is 0 Å². The molecule has 0 aliphatic carbocycles. The van der Waals surface area contributed by atoms with Gasteiger partial charge in [-0.2, -0.15) is 0 Å². The van der Waals surface area contributed by atoms with Crippen LogP contribution in [0.5, 0.6) is 0 Å². The van der Waals surface area contributed by atoms with Crippen LogP contribution < -0.4 is 11.1 Å². The van der Waals surface area contributed by atoms with Crippen molar-refractivity contribution in [2.24, 2.45) is 5.73 Å². The highest BCUT2D eigenvalue weighted by Crippen LogP contribution is 1.93. The van der Waals surface area contributed by atoms with Crippen LogP contribution in [0.4, 0.5) is 0 Å². The molecule has 0 fully saturated rings. The molecule has 0 spiro atoms. The molecule has 0 aliphatic heterocycles. The van der Waals surface area contributed by atoms with E-state index in [1.54, 1.807) is 0 Å². The van der Waals surface area contributed by atoms with Gasteiger partial charge in [-0.15, -0.1) is 0 Å². The molecule has 0 aromatic heterocycles. The van der Waals surface area contributed by atoms with E-state index in [2.05, 4.69) is 11.9 Å². The van der Waals surface area contributed by atoms with Gasteiger partial charge in [0.1, 0.15) is 0 Å². The molecule has 0 unspecified atom stereocenters. The zero-order valence-corrected chi connectivity index (χ0v) is 7.30. The van der Waals surface area contributed by atoms with Crippen molar-refractivity contribution in [3.63, 3.8) is 0 Å². The molecule has 0 amide bonds. The molecule has 0 heterocycles. The highest BCUT2D eigenvalue weighted by molar-refractivity contribution is 4.95. The van der Waals surface area contributed by atoms with E-state index in [1.165, 1.54) is 0 Å². The summed E-state index contributed by atoms with van der Waals surface area (Å²) in [6.45, 7) is 4.47. The summed E-state index contributed by atoms with van der Waals surface area (Å²) in [5, 5.41) is 2.94. The minimum atomic E-state index is 0.691. The zero-order chi connectivity index (χ0) is 8.69. The first kappa shape index (κ1) is 10.0. The van der Waals surface area contributed by atoms with Crippen molar-refractivity contribution in [2.75, 3.05) is 20.6 Å². The molecule has 0 aromatic carbocycles. The largest absolute Gasteiger partial charge is 0.375 e. The molecule has 3 heteroatoms. The molecular weight excluding hydrogens is 138 g/mol. The van der Waals surface area contributed by atoms with Gasteiger partial charge < -0.3 is 16.0 Å². The second kappa shape index (κ2) is 5.80. The Labute approximate surface area is 68.6 Å². The lowest BCUT2D eigenvalue weighted by molar-refractivity contribution is 0.526. The molecule has 3 nitrogen and oxygen atoms in total. The number of hydrogen-bond acceptors (Lipinski definition) is 3. The van der Waals surface area contributed by atoms with Crippen LogP contribution in [-0.2, 0) is 0 Å². The summed E-state index contributed by atoms with van der Waals surface area (Å²) in [4.78, 5) is 1.91. The fraction of sp³-hybridized carbons (Fsp3) is 0.500.